The lowest BCUT2D eigenvalue weighted by Crippen LogP contribution is -2.63. The van der Waals surface area contributed by atoms with Gasteiger partial charge in [-0.05, 0) is 31.1 Å². The molecular formula is C19H30N2O4. The van der Waals surface area contributed by atoms with Gasteiger partial charge in [0.25, 0.3) is 0 Å². The van der Waals surface area contributed by atoms with Crippen molar-refractivity contribution in [3.05, 3.63) is 0 Å². The van der Waals surface area contributed by atoms with Crippen molar-refractivity contribution in [2.75, 3.05) is 46.0 Å². The standard InChI is InChI=1S/C19H30N2O4/c22-17(20-5-7-24-8-6-20)10-16-11-19(25-12-16)13-21(14-19)18(23)9-15-3-1-2-4-15/h15-16H,1-14H2. The first-order valence-electron chi connectivity index (χ1n) is 9.91. The van der Waals surface area contributed by atoms with E-state index < -0.39 is 0 Å². The molecule has 4 rings (SSSR count). The van der Waals surface area contributed by atoms with Crippen LogP contribution in [-0.2, 0) is 19.1 Å². The molecule has 3 saturated heterocycles. The molecule has 0 aromatic heterocycles. The van der Waals surface area contributed by atoms with Crippen molar-refractivity contribution in [3.8, 4) is 0 Å². The van der Waals surface area contributed by atoms with Crippen molar-refractivity contribution < 1.29 is 19.1 Å². The Morgan fingerprint density at radius 1 is 0.920 bits per heavy atom. The molecule has 0 aromatic carbocycles. The maximum Gasteiger partial charge on any atom is 0.223 e. The fraction of sp³-hybridized carbons (Fsp3) is 0.895. The quantitative estimate of drug-likeness (QED) is 0.770. The minimum atomic E-state index is -0.165. The predicted octanol–water partition coefficient (Wildman–Crippen LogP) is 1.43. The maximum absolute atomic E-state index is 12.4. The molecule has 0 N–H and O–H groups in total. The van der Waals surface area contributed by atoms with Crippen LogP contribution in [0.15, 0.2) is 0 Å². The first-order chi connectivity index (χ1) is 12.1. The summed E-state index contributed by atoms with van der Waals surface area (Å²) >= 11 is 0. The summed E-state index contributed by atoms with van der Waals surface area (Å²) in [5.41, 5.74) is -0.165. The van der Waals surface area contributed by atoms with Gasteiger partial charge in [-0.15, -0.1) is 0 Å². The van der Waals surface area contributed by atoms with Gasteiger partial charge >= 0.3 is 0 Å². The number of carbonyl (C=O) groups excluding carboxylic acids is 2. The van der Waals surface area contributed by atoms with Gasteiger partial charge in [0.2, 0.25) is 11.8 Å². The molecule has 1 spiro atoms. The number of amides is 2. The maximum atomic E-state index is 12.4. The van der Waals surface area contributed by atoms with Gasteiger partial charge in [0.1, 0.15) is 5.60 Å². The van der Waals surface area contributed by atoms with E-state index in [2.05, 4.69) is 0 Å². The summed E-state index contributed by atoms with van der Waals surface area (Å²) in [7, 11) is 0. The molecular weight excluding hydrogens is 320 g/mol. The number of hydrogen-bond donors (Lipinski definition) is 0. The zero-order valence-corrected chi connectivity index (χ0v) is 15.1. The smallest absolute Gasteiger partial charge is 0.223 e. The van der Waals surface area contributed by atoms with E-state index >= 15 is 0 Å². The average molecular weight is 350 g/mol. The van der Waals surface area contributed by atoms with Gasteiger partial charge in [0.15, 0.2) is 0 Å². The van der Waals surface area contributed by atoms with Crippen LogP contribution in [0.25, 0.3) is 0 Å². The van der Waals surface area contributed by atoms with E-state index in [9.17, 15) is 9.59 Å². The van der Waals surface area contributed by atoms with Crippen LogP contribution >= 0.6 is 0 Å². The van der Waals surface area contributed by atoms with Gasteiger partial charge in [-0.25, -0.2) is 0 Å². The number of hydrogen-bond acceptors (Lipinski definition) is 4. The Balaban J connectivity index is 1.20. The number of rotatable bonds is 4. The summed E-state index contributed by atoms with van der Waals surface area (Å²) in [4.78, 5) is 28.6. The summed E-state index contributed by atoms with van der Waals surface area (Å²) in [6, 6.07) is 0. The van der Waals surface area contributed by atoms with Gasteiger partial charge in [-0.1, -0.05) is 12.8 Å². The minimum absolute atomic E-state index is 0.165. The summed E-state index contributed by atoms with van der Waals surface area (Å²) in [6.07, 6.45) is 7.19. The molecule has 6 nitrogen and oxygen atoms in total. The van der Waals surface area contributed by atoms with Crippen LogP contribution in [0.4, 0.5) is 0 Å². The number of ether oxygens (including phenoxy) is 2. The highest BCUT2D eigenvalue weighted by Crippen LogP contribution is 2.40. The van der Waals surface area contributed by atoms with Gasteiger partial charge in [-0.2, -0.15) is 0 Å². The van der Waals surface area contributed by atoms with Crippen molar-refractivity contribution in [1.82, 2.24) is 9.80 Å². The molecule has 140 valence electrons. The second-order valence-electron chi connectivity index (χ2n) is 8.37. The van der Waals surface area contributed by atoms with E-state index in [0.29, 0.717) is 57.1 Å². The van der Waals surface area contributed by atoms with Crippen molar-refractivity contribution in [2.24, 2.45) is 11.8 Å². The zero-order chi connectivity index (χ0) is 17.3. The molecule has 4 fully saturated rings. The highest BCUT2D eigenvalue weighted by atomic mass is 16.5. The van der Waals surface area contributed by atoms with E-state index in [1.165, 1.54) is 25.7 Å². The predicted molar refractivity (Wildman–Crippen MR) is 92.0 cm³/mol. The molecule has 1 saturated carbocycles. The summed E-state index contributed by atoms with van der Waals surface area (Å²) in [6.45, 7) is 4.81. The van der Waals surface area contributed by atoms with Crippen molar-refractivity contribution in [2.45, 2.75) is 50.5 Å². The molecule has 3 heterocycles. The molecule has 25 heavy (non-hydrogen) atoms. The number of carbonyl (C=O) groups is 2. The Morgan fingerprint density at radius 3 is 2.28 bits per heavy atom. The molecule has 2 amide bonds. The lowest BCUT2D eigenvalue weighted by Gasteiger charge is -2.47. The fourth-order valence-electron chi connectivity index (χ4n) is 4.90. The molecule has 1 unspecified atom stereocenters. The Labute approximate surface area is 149 Å². The number of nitrogens with zero attached hydrogens (tertiary/aromatic N) is 2. The van der Waals surface area contributed by atoms with Gasteiger partial charge in [0.05, 0.1) is 32.9 Å². The molecule has 4 aliphatic rings. The van der Waals surface area contributed by atoms with Crippen LogP contribution in [-0.4, -0.2) is 73.2 Å². The summed E-state index contributed by atoms with van der Waals surface area (Å²) in [5, 5.41) is 0. The second kappa shape index (κ2) is 7.23. The lowest BCUT2D eigenvalue weighted by atomic mass is 9.85. The lowest BCUT2D eigenvalue weighted by molar-refractivity contribution is -0.158. The zero-order valence-electron chi connectivity index (χ0n) is 15.1. The third-order valence-corrected chi connectivity index (χ3v) is 6.36. The molecule has 1 aliphatic carbocycles. The van der Waals surface area contributed by atoms with Crippen LogP contribution < -0.4 is 0 Å². The molecule has 0 bridgehead atoms. The van der Waals surface area contributed by atoms with Gasteiger partial charge in [0, 0.05) is 25.9 Å². The van der Waals surface area contributed by atoms with Crippen LogP contribution in [0.5, 0.6) is 0 Å². The Hall–Kier alpha value is -1.14. The van der Waals surface area contributed by atoms with E-state index in [0.717, 1.165) is 25.9 Å². The van der Waals surface area contributed by atoms with E-state index in [-0.39, 0.29) is 11.5 Å². The summed E-state index contributed by atoms with van der Waals surface area (Å²) < 4.78 is 11.3. The third kappa shape index (κ3) is 3.85. The third-order valence-electron chi connectivity index (χ3n) is 6.36. The van der Waals surface area contributed by atoms with Gasteiger partial charge < -0.3 is 19.3 Å². The molecule has 0 radical (unpaired) electrons. The summed E-state index contributed by atoms with van der Waals surface area (Å²) in [5.74, 6) is 1.42. The van der Waals surface area contributed by atoms with Crippen LogP contribution in [0, 0.1) is 11.8 Å². The number of morpholine rings is 1. The van der Waals surface area contributed by atoms with E-state index in [4.69, 9.17) is 9.47 Å². The Morgan fingerprint density at radius 2 is 1.56 bits per heavy atom. The average Bonchev–Trinajstić information content (AvgIpc) is 3.24. The highest BCUT2D eigenvalue weighted by Gasteiger charge is 2.51. The molecule has 1 atom stereocenters. The van der Waals surface area contributed by atoms with Crippen LogP contribution in [0.3, 0.4) is 0 Å². The molecule has 6 heteroatoms. The number of likely N-dealkylation sites (tertiary alicyclic amines) is 1. The largest absolute Gasteiger partial charge is 0.378 e. The van der Waals surface area contributed by atoms with E-state index in [1.807, 2.05) is 9.80 Å². The van der Waals surface area contributed by atoms with Crippen molar-refractivity contribution in [3.63, 3.8) is 0 Å². The van der Waals surface area contributed by atoms with Crippen LogP contribution in [0.1, 0.15) is 44.9 Å². The first-order valence-corrected chi connectivity index (χ1v) is 9.91. The normalized spacial score (nSPS) is 29.2. The molecule has 0 aromatic rings. The Bertz CT molecular complexity index is 506. The molecule has 3 aliphatic heterocycles. The second-order valence-corrected chi connectivity index (χ2v) is 8.37. The topological polar surface area (TPSA) is 59.1 Å². The minimum Gasteiger partial charge on any atom is -0.378 e. The monoisotopic (exact) mass is 350 g/mol. The fourth-order valence-corrected chi connectivity index (χ4v) is 4.90. The van der Waals surface area contributed by atoms with Crippen molar-refractivity contribution >= 4 is 11.8 Å². The SMILES string of the molecule is O=C(CC1COC2(C1)CN(C(=O)CC1CCCC1)C2)N1CCOCC1. The Kier molecular flexibility index (Phi) is 5.00. The van der Waals surface area contributed by atoms with E-state index in [1.54, 1.807) is 0 Å². The first kappa shape index (κ1) is 17.3. The van der Waals surface area contributed by atoms with Crippen molar-refractivity contribution in [1.29, 1.82) is 0 Å². The van der Waals surface area contributed by atoms with Gasteiger partial charge in [-0.3, -0.25) is 9.59 Å². The van der Waals surface area contributed by atoms with Crippen LogP contribution in [0.2, 0.25) is 0 Å². The highest BCUT2D eigenvalue weighted by molar-refractivity contribution is 5.78.